The molecule has 3 N–H and O–H groups in total. The maximum Gasteiger partial charge on any atom is 0.239 e. The fourth-order valence-corrected chi connectivity index (χ4v) is 0.977. The summed E-state index contributed by atoms with van der Waals surface area (Å²) in [6.45, 7) is 10.1. The number of carbonyl (C=O) groups excluding carboxylic acids is 1. The molecule has 0 spiro atoms. The summed E-state index contributed by atoms with van der Waals surface area (Å²) in [4.78, 5) is 11.7. The van der Waals surface area contributed by atoms with Gasteiger partial charge in [-0.1, -0.05) is 6.92 Å². The Kier molecular flexibility index (Phi) is 5.24. The Hall–Kier alpha value is -0.610. The van der Waals surface area contributed by atoms with Crippen molar-refractivity contribution in [2.24, 2.45) is 0 Å². The molecule has 0 aliphatic heterocycles. The lowest BCUT2D eigenvalue weighted by atomic mass is 10.0. The molecule has 0 aromatic heterocycles. The van der Waals surface area contributed by atoms with Crippen molar-refractivity contribution in [1.29, 1.82) is 0 Å². The zero-order valence-electron chi connectivity index (χ0n) is 10.5. The average Bonchev–Trinajstić information content (AvgIpc) is 2.10. The molecular weight excluding hydrogens is 192 g/mol. The van der Waals surface area contributed by atoms with Crippen molar-refractivity contribution in [1.82, 2.24) is 10.6 Å². The number of amides is 1. The average molecular weight is 216 g/mol. The van der Waals surface area contributed by atoms with Gasteiger partial charge in [-0.15, -0.1) is 0 Å². The summed E-state index contributed by atoms with van der Waals surface area (Å²) >= 11 is 0. The Labute approximate surface area is 92.4 Å². The minimum absolute atomic E-state index is 0.0337. The Morgan fingerprint density at radius 1 is 1.27 bits per heavy atom. The van der Waals surface area contributed by atoms with Crippen LogP contribution in [0.4, 0.5) is 0 Å². The van der Waals surface area contributed by atoms with Crippen LogP contribution in [0.2, 0.25) is 0 Å². The van der Waals surface area contributed by atoms with E-state index in [1.54, 1.807) is 13.8 Å². The molecule has 1 amide bonds. The van der Waals surface area contributed by atoms with Crippen LogP contribution in [0.15, 0.2) is 0 Å². The van der Waals surface area contributed by atoms with Gasteiger partial charge in [-0.3, -0.25) is 4.79 Å². The molecule has 4 heteroatoms. The van der Waals surface area contributed by atoms with Gasteiger partial charge < -0.3 is 15.7 Å². The van der Waals surface area contributed by atoms with Crippen LogP contribution in [-0.4, -0.2) is 35.2 Å². The molecule has 0 saturated heterocycles. The first-order valence-corrected chi connectivity index (χ1v) is 5.45. The number of rotatable bonds is 6. The van der Waals surface area contributed by atoms with Crippen LogP contribution in [0.25, 0.3) is 0 Å². The van der Waals surface area contributed by atoms with E-state index >= 15 is 0 Å². The topological polar surface area (TPSA) is 61.4 Å². The number of nitrogens with one attached hydrogen (secondary N) is 2. The van der Waals surface area contributed by atoms with E-state index in [-0.39, 0.29) is 5.91 Å². The van der Waals surface area contributed by atoms with Crippen molar-refractivity contribution in [2.75, 3.05) is 13.1 Å². The minimum atomic E-state index is -0.803. The Bertz CT molecular complexity index is 207. The summed E-state index contributed by atoms with van der Waals surface area (Å²) in [5.74, 6) is -0.0337. The molecule has 0 heterocycles. The molecule has 0 rings (SSSR count). The van der Waals surface area contributed by atoms with Crippen LogP contribution in [0, 0.1) is 0 Å². The Morgan fingerprint density at radius 3 is 2.20 bits per heavy atom. The first-order chi connectivity index (χ1) is 6.69. The van der Waals surface area contributed by atoms with Gasteiger partial charge in [-0.2, -0.15) is 0 Å². The van der Waals surface area contributed by atoms with Crippen molar-refractivity contribution in [2.45, 2.75) is 52.2 Å². The van der Waals surface area contributed by atoms with E-state index in [4.69, 9.17) is 0 Å². The van der Waals surface area contributed by atoms with Gasteiger partial charge in [-0.05, 0) is 34.1 Å². The van der Waals surface area contributed by atoms with Gasteiger partial charge in [0.15, 0.2) is 0 Å². The quantitative estimate of drug-likeness (QED) is 0.611. The van der Waals surface area contributed by atoms with Gasteiger partial charge >= 0.3 is 0 Å². The van der Waals surface area contributed by atoms with E-state index in [0.717, 1.165) is 6.42 Å². The second-order valence-electron chi connectivity index (χ2n) is 5.05. The second kappa shape index (κ2) is 5.47. The third kappa shape index (κ3) is 6.47. The normalized spacial score (nSPS) is 12.7. The number of hydrogen-bond acceptors (Lipinski definition) is 3. The lowest BCUT2D eigenvalue weighted by Crippen LogP contribution is -2.55. The van der Waals surface area contributed by atoms with Crippen molar-refractivity contribution >= 4 is 5.91 Å². The molecule has 4 nitrogen and oxygen atoms in total. The number of carbonyl (C=O) groups is 1. The largest absolute Gasteiger partial charge is 0.389 e. The summed E-state index contributed by atoms with van der Waals surface area (Å²) in [7, 11) is 0. The van der Waals surface area contributed by atoms with Crippen LogP contribution in [0.3, 0.4) is 0 Å². The molecule has 0 saturated carbocycles. The maximum absolute atomic E-state index is 11.7. The molecule has 0 radical (unpaired) electrons. The minimum Gasteiger partial charge on any atom is -0.389 e. The highest BCUT2D eigenvalue weighted by Gasteiger charge is 2.28. The van der Waals surface area contributed by atoms with E-state index in [2.05, 4.69) is 10.6 Å². The molecule has 0 aliphatic carbocycles. The fourth-order valence-electron chi connectivity index (χ4n) is 0.977. The summed E-state index contributed by atoms with van der Waals surface area (Å²) in [6, 6.07) is 0. The molecule has 0 aliphatic rings. The third-order valence-corrected chi connectivity index (χ3v) is 2.07. The molecule has 0 fully saturated rings. The van der Waals surface area contributed by atoms with E-state index in [9.17, 15) is 9.90 Å². The van der Waals surface area contributed by atoms with E-state index in [1.165, 1.54) is 0 Å². The molecule has 90 valence electrons. The zero-order chi connectivity index (χ0) is 12.1. The van der Waals surface area contributed by atoms with Crippen LogP contribution in [0.5, 0.6) is 0 Å². The van der Waals surface area contributed by atoms with Crippen LogP contribution in [-0.2, 0) is 4.79 Å². The lowest BCUT2D eigenvalue weighted by Gasteiger charge is -2.29. The van der Waals surface area contributed by atoms with Gasteiger partial charge in [0.2, 0.25) is 5.91 Å². The fraction of sp³-hybridized carbons (Fsp3) is 0.909. The molecule has 0 atom stereocenters. The molecule has 0 aromatic carbocycles. The molecule has 0 aromatic rings. The second-order valence-corrected chi connectivity index (χ2v) is 5.05. The number of aliphatic hydroxyl groups is 1. The standard InChI is InChI=1S/C11H24N2O2/c1-6-7-12-9(14)11(4,5)13-8-10(2,3)15/h13,15H,6-8H2,1-5H3,(H,12,14). The number of hydrogen-bond donors (Lipinski definition) is 3. The number of β-amino-alcohol motifs (C(OH)–C–C–N with tert-alkyl or cyclic N) is 1. The highest BCUT2D eigenvalue weighted by atomic mass is 16.3. The van der Waals surface area contributed by atoms with Gasteiger partial charge in [0.05, 0.1) is 11.1 Å². The van der Waals surface area contributed by atoms with Crippen molar-refractivity contribution < 1.29 is 9.90 Å². The van der Waals surface area contributed by atoms with E-state index in [1.807, 2.05) is 20.8 Å². The van der Waals surface area contributed by atoms with E-state index < -0.39 is 11.1 Å². The SMILES string of the molecule is CCCNC(=O)C(C)(C)NCC(C)(C)O. The predicted octanol–water partition coefficient (Wildman–Crippen LogP) is 0.652. The van der Waals surface area contributed by atoms with Crippen molar-refractivity contribution in [3.63, 3.8) is 0 Å². The van der Waals surface area contributed by atoms with Gasteiger partial charge in [-0.25, -0.2) is 0 Å². The highest BCUT2D eigenvalue weighted by Crippen LogP contribution is 2.06. The summed E-state index contributed by atoms with van der Waals surface area (Å²) in [5.41, 5.74) is -1.45. The maximum atomic E-state index is 11.7. The molecule has 0 bridgehead atoms. The Balaban J connectivity index is 4.10. The summed E-state index contributed by atoms with van der Waals surface area (Å²) < 4.78 is 0. The van der Waals surface area contributed by atoms with E-state index in [0.29, 0.717) is 13.1 Å². The van der Waals surface area contributed by atoms with Crippen LogP contribution in [0.1, 0.15) is 41.0 Å². The molecule has 0 unspecified atom stereocenters. The summed E-state index contributed by atoms with van der Waals surface area (Å²) in [6.07, 6.45) is 0.924. The molecular formula is C11H24N2O2. The first kappa shape index (κ1) is 14.4. The summed E-state index contributed by atoms with van der Waals surface area (Å²) in [5, 5.41) is 15.4. The van der Waals surface area contributed by atoms with Crippen LogP contribution < -0.4 is 10.6 Å². The zero-order valence-corrected chi connectivity index (χ0v) is 10.5. The third-order valence-electron chi connectivity index (χ3n) is 2.07. The molecule has 15 heavy (non-hydrogen) atoms. The van der Waals surface area contributed by atoms with Gasteiger partial charge in [0.1, 0.15) is 0 Å². The van der Waals surface area contributed by atoms with Gasteiger partial charge in [0.25, 0.3) is 0 Å². The monoisotopic (exact) mass is 216 g/mol. The van der Waals surface area contributed by atoms with Crippen molar-refractivity contribution in [3.05, 3.63) is 0 Å². The highest BCUT2D eigenvalue weighted by molar-refractivity contribution is 5.85. The van der Waals surface area contributed by atoms with Gasteiger partial charge in [0, 0.05) is 13.1 Å². The Morgan fingerprint density at radius 2 is 1.80 bits per heavy atom. The van der Waals surface area contributed by atoms with Crippen molar-refractivity contribution in [3.8, 4) is 0 Å². The first-order valence-electron chi connectivity index (χ1n) is 5.45. The smallest absolute Gasteiger partial charge is 0.239 e. The lowest BCUT2D eigenvalue weighted by molar-refractivity contribution is -0.126. The van der Waals surface area contributed by atoms with Crippen LogP contribution >= 0.6 is 0 Å². The predicted molar refractivity (Wildman–Crippen MR) is 61.7 cm³/mol.